The Bertz CT molecular complexity index is 351. The molecule has 0 aromatic heterocycles. The minimum atomic E-state index is -1.06. The van der Waals surface area contributed by atoms with Gasteiger partial charge in [-0.25, -0.2) is 4.79 Å². The minimum absolute atomic E-state index is 0.0449. The van der Waals surface area contributed by atoms with Gasteiger partial charge in [0.2, 0.25) is 11.8 Å². The number of amides is 2. The highest BCUT2D eigenvalue weighted by molar-refractivity contribution is 5.84. The Morgan fingerprint density at radius 1 is 1.26 bits per heavy atom. The Morgan fingerprint density at radius 2 is 1.89 bits per heavy atom. The Kier molecular flexibility index (Phi) is 8.24. The van der Waals surface area contributed by atoms with Crippen LogP contribution < -0.4 is 5.32 Å². The zero-order valence-electron chi connectivity index (χ0n) is 11.7. The lowest BCUT2D eigenvalue weighted by Crippen LogP contribution is -2.40. The second-order valence-electron chi connectivity index (χ2n) is 4.40. The van der Waals surface area contributed by atoms with Crippen LogP contribution in [0, 0.1) is 0 Å². The molecule has 6 nitrogen and oxygen atoms in total. The second-order valence-corrected chi connectivity index (χ2v) is 4.40. The third-order valence-electron chi connectivity index (χ3n) is 2.53. The summed E-state index contributed by atoms with van der Waals surface area (Å²) in [7, 11) is 3.31. The van der Waals surface area contributed by atoms with E-state index in [2.05, 4.69) is 5.32 Å². The molecule has 0 radical (unpaired) electrons. The number of nitrogens with one attached hydrogen (secondary N) is 1. The van der Waals surface area contributed by atoms with E-state index in [-0.39, 0.29) is 31.1 Å². The molecule has 2 N–H and O–H groups in total. The van der Waals surface area contributed by atoms with Crippen molar-refractivity contribution in [3.63, 3.8) is 0 Å². The molecule has 0 aliphatic heterocycles. The lowest BCUT2D eigenvalue weighted by Gasteiger charge is -2.13. The van der Waals surface area contributed by atoms with Gasteiger partial charge in [0.05, 0.1) is 0 Å². The van der Waals surface area contributed by atoms with Crippen molar-refractivity contribution in [3.8, 4) is 0 Å². The molecule has 0 aromatic rings. The summed E-state index contributed by atoms with van der Waals surface area (Å²) in [6.07, 6.45) is 4.53. The van der Waals surface area contributed by atoms with Gasteiger partial charge < -0.3 is 15.3 Å². The van der Waals surface area contributed by atoms with Gasteiger partial charge in [0.1, 0.15) is 6.04 Å². The molecule has 0 aromatic carbocycles. The van der Waals surface area contributed by atoms with Crippen molar-refractivity contribution in [3.05, 3.63) is 12.2 Å². The summed E-state index contributed by atoms with van der Waals surface area (Å²) in [6, 6.07) is -0.909. The van der Waals surface area contributed by atoms with Gasteiger partial charge in [-0.15, -0.1) is 0 Å². The second kappa shape index (κ2) is 9.13. The SMILES string of the molecule is C/C=C/CC(NC(=O)CCCC(=O)N(C)C)C(=O)O. The summed E-state index contributed by atoms with van der Waals surface area (Å²) in [5.74, 6) is -1.45. The van der Waals surface area contributed by atoms with Crippen LogP contribution in [0.1, 0.15) is 32.6 Å². The van der Waals surface area contributed by atoms with Crippen molar-refractivity contribution in [2.75, 3.05) is 14.1 Å². The Hall–Kier alpha value is -1.85. The fourth-order valence-electron chi connectivity index (χ4n) is 1.38. The highest BCUT2D eigenvalue weighted by atomic mass is 16.4. The van der Waals surface area contributed by atoms with E-state index in [0.717, 1.165) is 0 Å². The molecule has 108 valence electrons. The third kappa shape index (κ3) is 7.96. The van der Waals surface area contributed by atoms with Gasteiger partial charge in [-0.1, -0.05) is 12.2 Å². The van der Waals surface area contributed by atoms with Crippen molar-refractivity contribution in [1.29, 1.82) is 0 Å². The molecule has 6 heteroatoms. The van der Waals surface area contributed by atoms with Gasteiger partial charge in [0.15, 0.2) is 0 Å². The molecule has 0 heterocycles. The molecule has 1 atom stereocenters. The van der Waals surface area contributed by atoms with E-state index >= 15 is 0 Å². The van der Waals surface area contributed by atoms with Gasteiger partial charge in [-0.05, 0) is 19.8 Å². The highest BCUT2D eigenvalue weighted by Gasteiger charge is 2.18. The molecule has 19 heavy (non-hydrogen) atoms. The first-order valence-electron chi connectivity index (χ1n) is 6.22. The monoisotopic (exact) mass is 270 g/mol. The summed E-state index contributed by atoms with van der Waals surface area (Å²) in [6.45, 7) is 1.79. The van der Waals surface area contributed by atoms with Crippen molar-refractivity contribution in [2.24, 2.45) is 0 Å². The van der Waals surface area contributed by atoms with Gasteiger partial charge >= 0.3 is 5.97 Å². The van der Waals surface area contributed by atoms with Crippen molar-refractivity contribution in [1.82, 2.24) is 10.2 Å². The van der Waals surface area contributed by atoms with Crippen LogP contribution >= 0.6 is 0 Å². The molecule has 0 bridgehead atoms. The molecule has 0 fully saturated rings. The molecule has 2 amide bonds. The van der Waals surface area contributed by atoms with Crippen molar-refractivity contribution < 1.29 is 19.5 Å². The molecule has 0 aliphatic carbocycles. The quantitative estimate of drug-likeness (QED) is 0.638. The van der Waals surface area contributed by atoms with Crippen LogP contribution in [-0.2, 0) is 14.4 Å². The van der Waals surface area contributed by atoms with Crippen LogP contribution in [0.15, 0.2) is 12.2 Å². The summed E-state index contributed by atoms with van der Waals surface area (Å²) >= 11 is 0. The normalized spacial score (nSPS) is 12.2. The predicted octanol–water partition coefficient (Wildman–Crippen LogP) is 0.781. The van der Waals surface area contributed by atoms with Crippen LogP contribution in [0.5, 0.6) is 0 Å². The molecule has 1 unspecified atom stereocenters. The topological polar surface area (TPSA) is 86.7 Å². The largest absolute Gasteiger partial charge is 0.480 e. The number of carboxylic acid groups (broad SMARTS) is 1. The Labute approximate surface area is 113 Å². The maximum atomic E-state index is 11.5. The summed E-state index contributed by atoms with van der Waals surface area (Å²) in [5, 5.41) is 11.4. The summed E-state index contributed by atoms with van der Waals surface area (Å²) < 4.78 is 0. The van der Waals surface area contributed by atoms with Crippen molar-refractivity contribution in [2.45, 2.75) is 38.6 Å². The molecule has 0 saturated carbocycles. The fraction of sp³-hybridized carbons (Fsp3) is 0.615. The standard InChI is InChI=1S/C13H22N2O4/c1-4-5-7-10(13(18)19)14-11(16)8-6-9-12(17)15(2)3/h4-5,10H,6-9H2,1-3H3,(H,14,16)(H,18,19)/b5-4+. The molecule has 0 aliphatic rings. The van der Waals surface area contributed by atoms with Gasteiger partial charge in [0, 0.05) is 26.9 Å². The van der Waals surface area contributed by atoms with E-state index < -0.39 is 12.0 Å². The number of hydrogen-bond acceptors (Lipinski definition) is 3. The maximum Gasteiger partial charge on any atom is 0.326 e. The van der Waals surface area contributed by atoms with Crippen LogP contribution in [0.4, 0.5) is 0 Å². The summed E-state index contributed by atoms with van der Waals surface area (Å²) in [4.78, 5) is 35.2. The van der Waals surface area contributed by atoms with Gasteiger partial charge in [0.25, 0.3) is 0 Å². The van der Waals surface area contributed by atoms with Crippen molar-refractivity contribution >= 4 is 17.8 Å². The molecule has 0 rings (SSSR count). The number of aliphatic carboxylic acids is 1. The first kappa shape index (κ1) is 17.2. The van der Waals surface area contributed by atoms with Crippen LogP contribution in [0.2, 0.25) is 0 Å². The van der Waals surface area contributed by atoms with Gasteiger partial charge in [-0.3, -0.25) is 9.59 Å². The first-order chi connectivity index (χ1) is 8.88. The smallest absolute Gasteiger partial charge is 0.326 e. The Balaban J connectivity index is 4.06. The number of carboxylic acids is 1. The lowest BCUT2D eigenvalue weighted by molar-refractivity contribution is -0.141. The number of rotatable bonds is 8. The van der Waals surface area contributed by atoms with E-state index in [1.807, 2.05) is 0 Å². The average Bonchev–Trinajstić information content (AvgIpc) is 2.33. The molecular weight excluding hydrogens is 248 g/mol. The van der Waals surface area contributed by atoms with Crippen LogP contribution in [0.3, 0.4) is 0 Å². The number of allylic oxidation sites excluding steroid dienone is 1. The van der Waals surface area contributed by atoms with E-state index in [1.54, 1.807) is 33.2 Å². The number of nitrogens with zero attached hydrogens (tertiary/aromatic N) is 1. The zero-order valence-corrected chi connectivity index (χ0v) is 11.7. The predicted molar refractivity (Wildman–Crippen MR) is 71.5 cm³/mol. The average molecular weight is 270 g/mol. The number of carbonyl (C=O) groups excluding carboxylic acids is 2. The highest BCUT2D eigenvalue weighted by Crippen LogP contribution is 2.01. The number of hydrogen-bond donors (Lipinski definition) is 2. The molecular formula is C13H22N2O4. The molecule has 0 saturated heterocycles. The van der Waals surface area contributed by atoms with E-state index in [9.17, 15) is 14.4 Å². The van der Waals surface area contributed by atoms with Crippen LogP contribution in [0.25, 0.3) is 0 Å². The summed E-state index contributed by atoms with van der Waals surface area (Å²) in [5.41, 5.74) is 0. The first-order valence-corrected chi connectivity index (χ1v) is 6.22. The maximum absolute atomic E-state index is 11.5. The van der Waals surface area contributed by atoms with E-state index in [1.165, 1.54) is 4.90 Å². The Morgan fingerprint density at radius 3 is 2.37 bits per heavy atom. The number of carbonyl (C=O) groups is 3. The third-order valence-corrected chi connectivity index (χ3v) is 2.53. The fourth-order valence-corrected chi connectivity index (χ4v) is 1.38. The zero-order chi connectivity index (χ0) is 14.8. The van der Waals surface area contributed by atoms with Gasteiger partial charge in [-0.2, -0.15) is 0 Å². The molecule has 0 spiro atoms. The van der Waals surface area contributed by atoms with Crippen LogP contribution in [-0.4, -0.2) is 47.9 Å². The van der Waals surface area contributed by atoms with E-state index in [0.29, 0.717) is 6.42 Å². The lowest BCUT2D eigenvalue weighted by atomic mass is 10.1. The minimum Gasteiger partial charge on any atom is -0.480 e. The van der Waals surface area contributed by atoms with E-state index in [4.69, 9.17) is 5.11 Å².